The monoisotopic (exact) mass is 971 g/mol. The van der Waals surface area contributed by atoms with Crippen molar-refractivity contribution in [1.29, 1.82) is 0 Å². The first-order valence-electron chi connectivity index (χ1n) is 29.2. The molecule has 7 aliphatic rings. The number of methoxy groups -OCH3 is 2. The first-order chi connectivity index (χ1) is 38.7. The molecule has 0 N–H and O–H groups in total. The maximum atomic E-state index is 16.9. The second kappa shape index (κ2) is 7.01. The van der Waals surface area contributed by atoms with Gasteiger partial charge in [-0.3, -0.25) is 14.6 Å². The Morgan fingerprint density at radius 1 is 0.282 bits per heavy atom. The molecule has 78 heavy (non-hydrogen) atoms. The third kappa shape index (κ3) is 1.59. The van der Waals surface area contributed by atoms with Crippen molar-refractivity contribution < 1.29 is 19.1 Å². The molecule has 338 valence electrons. The molecule has 0 heterocycles. The number of esters is 2. The van der Waals surface area contributed by atoms with Crippen molar-refractivity contribution in [1.82, 2.24) is 0 Å². The fraction of sp³-hybridized carbons (Fsp3) is 0.164. The summed E-state index contributed by atoms with van der Waals surface area (Å²) in [6.07, 6.45) is 5.34. The van der Waals surface area contributed by atoms with Crippen molar-refractivity contribution in [3.63, 3.8) is 0 Å². The van der Waals surface area contributed by atoms with Crippen molar-refractivity contribution in [2.24, 2.45) is 15.8 Å². The first-order valence-corrected chi connectivity index (χ1v) is 29.2. The number of carbonyl (C=O) groups excluding carboxylic acids is 2. The van der Waals surface area contributed by atoms with Crippen LogP contribution >= 0.6 is 0 Å². The molecule has 0 saturated heterocycles. The lowest BCUT2D eigenvalue weighted by atomic mass is 9.30. The normalized spacial score (nSPS) is 26.8. The Morgan fingerprint density at radius 3 is 0.615 bits per heavy atom. The van der Waals surface area contributed by atoms with Gasteiger partial charge in [-0.25, -0.2) is 0 Å². The number of fused-ring (bicyclic) bond motifs is 1. The van der Waals surface area contributed by atoms with Gasteiger partial charge in [0.2, 0.25) is 0 Å². The molecule has 2 unspecified atom stereocenters. The third-order valence-corrected chi connectivity index (χ3v) is 28.5. The SMILES string of the molecule is COC(=O)C12C(=NC3CCCCC3)C1(C(=O)OC)C13c4c5c6c7c8c9c(c%10c%11c1c1c4c4c%12c5c5c6c6c8c8c%13c9c9c%10c%10c%11c%11c1c1c4c4c%12c%12c5c5c6c8c6c8c%13c9c9c%10c%10c%11c1c1c4c4c%12c5c6c5c8c9c%10c1c45)C723. The summed E-state index contributed by atoms with van der Waals surface area (Å²) >= 11 is 0. The van der Waals surface area contributed by atoms with Crippen LogP contribution in [0.4, 0.5) is 0 Å². The van der Waals surface area contributed by atoms with Gasteiger partial charge < -0.3 is 9.47 Å². The smallest absolute Gasteiger partial charge is 0.320 e. The average Bonchev–Trinajstić information content (AvgIpc) is 1.48. The zero-order valence-electron chi connectivity index (χ0n) is 40.7. The summed E-state index contributed by atoms with van der Waals surface area (Å²) in [5, 5.41) is 81.2. The molecule has 2 spiro atoms. The van der Waals surface area contributed by atoms with Crippen molar-refractivity contribution in [3.8, 4) is 0 Å². The molecule has 0 aliphatic heterocycles. The Balaban J connectivity index is 1.09. The molecule has 5 nitrogen and oxygen atoms in total. The lowest BCUT2D eigenvalue weighted by Crippen LogP contribution is -2.76. The van der Waals surface area contributed by atoms with Crippen molar-refractivity contribution in [3.05, 3.63) is 22.3 Å². The molecular weight excluding hydrogens is 955 g/mol. The van der Waals surface area contributed by atoms with Crippen molar-refractivity contribution in [2.75, 3.05) is 14.2 Å². The molecule has 5 heteroatoms. The molecule has 0 radical (unpaired) electrons. The number of hydrogen-bond donors (Lipinski definition) is 0. The molecule has 3 fully saturated rings. The van der Waals surface area contributed by atoms with Crippen LogP contribution < -0.4 is 0 Å². The fourth-order valence-electron chi connectivity index (χ4n) is 28.5. The van der Waals surface area contributed by atoms with Gasteiger partial charge in [-0.1, -0.05) is 19.3 Å². The van der Waals surface area contributed by atoms with E-state index in [4.69, 9.17) is 14.5 Å². The van der Waals surface area contributed by atoms with Crippen molar-refractivity contribution >= 4 is 309 Å². The van der Waals surface area contributed by atoms with E-state index in [9.17, 15) is 0 Å². The summed E-state index contributed by atoms with van der Waals surface area (Å²) in [5.74, 6) is -0.573. The number of benzene rings is 18. The van der Waals surface area contributed by atoms with Gasteiger partial charge in [0, 0.05) is 6.04 Å². The Bertz CT molecular complexity index is 7120. The lowest BCUT2D eigenvalue weighted by molar-refractivity contribution is -0.180. The number of rotatable bonds is 3. The van der Waals surface area contributed by atoms with Crippen LogP contribution in [-0.2, 0) is 29.9 Å². The predicted molar refractivity (Wildman–Crippen MR) is 317 cm³/mol. The molecule has 0 bridgehead atoms. The molecule has 0 amide bonds. The number of hydrogen-bond acceptors (Lipinski definition) is 5. The number of aliphatic imine (C=N–C) groups is 1. The Hall–Kier alpha value is -8.93. The van der Waals surface area contributed by atoms with Gasteiger partial charge in [0.25, 0.3) is 0 Å². The highest BCUT2D eigenvalue weighted by atomic mass is 16.5. The quantitative estimate of drug-likeness (QED) is 0.131. The van der Waals surface area contributed by atoms with Crippen LogP contribution in [-0.4, -0.2) is 37.9 Å². The van der Waals surface area contributed by atoms with E-state index in [-0.39, 0.29) is 18.0 Å². The second-order valence-electron chi connectivity index (χ2n) is 28.5. The fourth-order valence-corrected chi connectivity index (χ4v) is 28.5. The van der Waals surface area contributed by atoms with Crippen LogP contribution in [0.25, 0.3) is 291 Å². The molecule has 28 aromatic rings. The summed E-state index contributed by atoms with van der Waals surface area (Å²) in [5.41, 5.74) is 1.36. The molecule has 28 aromatic carbocycles. The highest BCUT2D eigenvalue weighted by molar-refractivity contribution is 6.82. The summed E-state index contributed by atoms with van der Waals surface area (Å²) < 4.78 is 13.1. The minimum Gasteiger partial charge on any atom is -0.468 e. The van der Waals surface area contributed by atoms with Crippen LogP contribution in [0.1, 0.15) is 54.4 Å². The number of ether oxygens (including phenoxy) is 2. The van der Waals surface area contributed by atoms with Gasteiger partial charge in [-0.2, -0.15) is 0 Å². The van der Waals surface area contributed by atoms with E-state index in [2.05, 4.69) is 0 Å². The number of nitrogens with zero attached hydrogens (tertiary/aromatic N) is 1. The molecule has 0 aromatic heterocycles. The Labute approximate surface area is 426 Å². The average molecular weight is 972 g/mol. The van der Waals surface area contributed by atoms with E-state index in [1.54, 1.807) is 111 Å². The summed E-state index contributed by atoms with van der Waals surface area (Å²) in [7, 11) is 3.23. The van der Waals surface area contributed by atoms with Crippen LogP contribution in [0.3, 0.4) is 0 Å². The van der Waals surface area contributed by atoms with Gasteiger partial charge in [-0.05, 0) is 326 Å². The summed E-state index contributed by atoms with van der Waals surface area (Å²) in [4.78, 5) is 39.8. The van der Waals surface area contributed by atoms with Crippen LogP contribution in [0.15, 0.2) is 4.99 Å². The first kappa shape index (κ1) is 30.7. The molecule has 3 saturated carbocycles. The highest BCUT2D eigenvalue weighted by Gasteiger charge is 3.11. The Morgan fingerprint density at radius 2 is 0.449 bits per heavy atom. The largest absolute Gasteiger partial charge is 0.468 e. The summed E-state index contributed by atoms with van der Waals surface area (Å²) in [6, 6.07) is 0.0248. The molecular formula is C73H17NO4. The zero-order chi connectivity index (χ0) is 47.5. The molecule has 35 rings (SSSR count). The summed E-state index contributed by atoms with van der Waals surface area (Å²) in [6.45, 7) is 0. The Kier molecular flexibility index (Phi) is 2.76. The zero-order valence-corrected chi connectivity index (χ0v) is 40.7. The maximum Gasteiger partial charge on any atom is 0.320 e. The van der Waals surface area contributed by atoms with E-state index >= 15 is 9.59 Å². The lowest BCUT2D eigenvalue weighted by Gasteiger charge is -2.67. The van der Waals surface area contributed by atoms with Crippen LogP contribution in [0.2, 0.25) is 0 Å². The van der Waals surface area contributed by atoms with Crippen LogP contribution in [0.5, 0.6) is 0 Å². The second-order valence-corrected chi connectivity index (χ2v) is 28.5. The minimum atomic E-state index is -1.41. The van der Waals surface area contributed by atoms with Gasteiger partial charge in [0.15, 0.2) is 0 Å². The highest BCUT2D eigenvalue weighted by Crippen LogP contribution is 3.01. The van der Waals surface area contributed by atoms with Crippen molar-refractivity contribution in [2.45, 2.75) is 49.0 Å². The van der Waals surface area contributed by atoms with Gasteiger partial charge in [0.1, 0.15) is 10.8 Å². The van der Waals surface area contributed by atoms with E-state index < -0.39 is 21.7 Å². The third-order valence-electron chi connectivity index (χ3n) is 28.5. The van der Waals surface area contributed by atoms with Gasteiger partial charge in [0.05, 0.1) is 30.8 Å². The maximum absolute atomic E-state index is 16.9. The predicted octanol–water partition coefficient (Wildman–Crippen LogP) is 17.4. The van der Waals surface area contributed by atoms with Gasteiger partial charge in [-0.15, -0.1) is 0 Å². The number of carbonyl (C=O) groups is 2. The van der Waals surface area contributed by atoms with Crippen LogP contribution in [0, 0.1) is 10.8 Å². The molecule has 2 atom stereocenters. The topological polar surface area (TPSA) is 65.0 Å². The van der Waals surface area contributed by atoms with E-state index in [1.807, 2.05) is 0 Å². The van der Waals surface area contributed by atoms with E-state index in [1.165, 1.54) is 223 Å². The molecule has 7 aliphatic carbocycles. The van der Waals surface area contributed by atoms with E-state index in [0.29, 0.717) is 0 Å². The minimum absolute atomic E-state index is 0.0248. The van der Waals surface area contributed by atoms with E-state index in [0.717, 1.165) is 31.4 Å². The standard InChI is InChI=1S/C73H17NO4/c1-77-68(75)72-67(74-8-6-4-3-5-7-8)73(72,69(76)78-2)71-65-57-49-39-29-21-13-10-9-11-15-17(13)25-31-23(15)33-27-19(11)20-12(9)16-18-14(10)22(21)30-36-26(18)32-24(16)34-28(20)38-37(27)47-41(33)51-45(31)53(43(49)35(25)29)61(65)59(51)63-55(47)56-48(38)42(34)52-46(32)54-44(36)50(40(30)39)58(57)66(71)62(54)60(52)64(56)70(63,71)72/h8H,3-7H2,1-2H3. The van der Waals surface area contributed by atoms with Gasteiger partial charge >= 0.3 is 11.9 Å².